The predicted molar refractivity (Wildman–Crippen MR) is 78.9 cm³/mol. The fourth-order valence-corrected chi connectivity index (χ4v) is 3.62. The Morgan fingerprint density at radius 3 is 2.40 bits per heavy atom. The Kier molecular flexibility index (Phi) is 6.46. The van der Waals surface area contributed by atoms with E-state index in [4.69, 9.17) is 9.47 Å². The minimum Gasteiger partial charge on any atom is -0.379 e. The van der Waals surface area contributed by atoms with Crippen LogP contribution < -0.4 is 0 Å². The van der Waals surface area contributed by atoms with Crippen molar-refractivity contribution in [3.8, 4) is 0 Å². The highest BCUT2D eigenvalue weighted by molar-refractivity contribution is 5.81. The van der Waals surface area contributed by atoms with Crippen molar-refractivity contribution < 1.29 is 14.3 Å². The molecule has 4 nitrogen and oxygen atoms in total. The number of fused-ring (bicyclic) bond motifs is 2. The summed E-state index contributed by atoms with van der Waals surface area (Å²) in [6.07, 6.45) is 6.56. The van der Waals surface area contributed by atoms with Crippen LogP contribution in [0.25, 0.3) is 0 Å². The molecule has 2 heterocycles. The predicted octanol–water partition coefficient (Wildman–Crippen LogP) is 2.26. The first kappa shape index (κ1) is 15.9. The molecule has 4 heteroatoms. The molecule has 2 saturated heterocycles. The second-order valence-electron chi connectivity index (χ2n) is 6.10. The van der Waals surface area contributed by atoms with Gasteiger partial charge in [0.25, 0.3) is 0 Å². The van der Waals surface area contributed by atoms with Gasteiger partial charge in [0.2, 0.25) is 0 Å². The normalized spacial score (nSPS) is 30.4. The molecule has 2 unspecified atom stereocenters. The molecule has 0 N–H and O–H groups in total. The molecule has 0 aromatic rings. The zero-order chi connectivity index (χ0) is 14.4. The highest BCUT2D eigenvalue weighted by atomic mass is 16.5. The highest BCUT2D eigenvalue weighted by Gasteiger charge is 2.38. The highest BCUT2D eigenvalue weighted by Crippen LogP contribution is 2.36. The molecule has 0 aromatic carbocycles. The van der Waals surface area contributed by atoms with Gasteiger partial charge in [-0.3, -0.25) is 4.79 Å². The number of piperidine rings is 2. The van der Waals surface area contributed by atoms with Gasteiger partial charge in [0, 0.05) is 31.0 Å². The van der Waals surface area contributed by atoms with Gasteiger partial charge in [0.15, 0.2) is 0 Å². The number of carbonyl (C=O) groups excluding carboxylic acids is 1. The summed E-state index contributed by atoms with van der Waals surface area (Å²) in [6.45, 7) is 4.47. The van der Waals surface area contributed by atoms with E-state index in [-0.39, 0.29) is 5.92 Å². The molecule has 2 rings (SSSR count). The molecule has 0 aromatic heterocycles. The Morgan fingerprint density at radius 2 is 1.75 bits per heavy atom. The maximum atomic E-state index is 12.3. The maximum absolute atomic E-state index is 12.3. The van der Waals surface area contributed by atoms with E-state index < -0.39 is 0 Å². The van der Waals surface area contributed by atoms with Crippen molar-refractivity contribution in [1.82, 2.24) is 4.90 Å². The second kappa shape index (κ2) is 8.11. The molecule has 116 valence electrons. The van der Waals surface area contributed by atoms with Crippen molar-refractivity contribution in [3.63, 3.8) is 0 Å². The summed E-state index contributed by atoms with van der Waals surface area (Å²) >= 11 is 0. The Morgan fingerprint density at radius 1 is 1.10 bits per heavy atom. The Labute approximate surface area is 122 Å². The molecule has 20 heavy (non-hydrogen) atoms. The average molecular weight is 283 g/mol. The summed E-state index contributed by atoms with van der Waals surface area (Å²) in [5.41, 5.74) is 0. The van der Waals surface area contributed by atoms with Gasteiger partial charge in [0.05, 0.1) is 19.8 Å². The minimum atomic E-state index is 0.275. The Hall–Kier alpha value is -0.450. The lowest BCUT2D eigenvalue weighted by Gasteiger charge is -2.46. The quantitative estimate of drug-likeness (QED) is 0.641. The van der Waals surface area contributed by atoms with E-state index >= 15 is 0 Å². The van der Waals surface area contributed by atoms with Crippen LogP contribution in [0.5, 0.6) is 0 Å². The molecule has 0 saturated carbocycles. The molecule has 0 aliphatic carbocycles. The molecule has 2 aliphatic rings. The standard InChI is InChI=1S/C16H29NO3/c1-3-19-9-10-20-8-7-16(18)13-11-14-5-4-6-15(12-13)17(14)2/h13-15H,3-12H2,1-2H3. The summed E-state index contributed by atoms with van der Waals surface area (Å²) in [7, 11) is 2.23. The smallest absolute Gasteiger partial charge is 0.138 e. The number of rotatable bonds is 8. The number of hydrogen-bond acceptors (Lipinski definition) is 4. The average Bonchev–Trinajstić information content (AvgIpc) is 2.42. The van der Waals surface area contributed by atoms with E-state index in [1.54, 1.807) is 0 Å². The second-order valence-corrected chi connectivity index (χ2v) is 6.10. The first-order valence-electron chi connectivity index (χ1n) is 8.12. The third-order valence-corrected chi connectivity index (χ3v) is 4.86. The fourth-order valence-electron chi connectivity index (χ4n) is 3.62. The van der Waals surface area contributed by atoms with Gasteiger partial charge in [-0.05, 0) is 39.7 Å². The van der Waals surface area contributed by atoms with Crippen LogP contribution in [-0.4, -0.2) is 56.2 Å². The molecule has 0 amide bonds. The van der Waals surface area contributed by atoms with Crippen molar-refractivity contribution in [2.45, 2.75) is 57.5 Å². The van der Waals surface area contributed by atoms with Crippen LogP contribution in [0, 0.1) is 5.92 Å². The van der Waals surface area contributed by atoms with Gasteiger partial charge in [0.1, 0.15) is 5.78 Å². The van der Waals surface area contributed by atoms with Crippen LogP contribution in [0.1, 0.15) is 45.4 Å². The topological polar surface area (TPSA) is 38.8 Å². The molecule has 0 spiro atoms. The van der Waals surface area contributed by atoms with E-state index in [9.17, 15) is 4.79 Å². The summed E-state index contributed by atoms with van der Waals surface area (Å²) in [5, 5.41) is 0. The van der Waals surface area contributed by atoms with Crippen molar-refractivity contribution in [2.24, 2.45) is 5.92 Å². The van der Waals surface area contributed by atoms with Crippen molar-refractivity contribution in [2.75, 3.05) is 33.5 Å². The summed E-state index contributed by atoms with van der Waals surface area (Å²) in [6, 6.07) is 1.27. The van der Waals surface area contributed by atoms with Gasteiger partial charge < -0.3 is 14.4 Å². The van der Waals surface area contributed by atoms with E-state index in [1.807, 2.05) is 6.92 Å². The first-order chi connectivity index (χ1) is 9.72. The monoisotopic (exact) mass is 283 g/mol. The number of nitrogens with zero attached hydrogens (tertiary/aromatic N) is 1. The molecular weight excluding hydrogens is 254 g/mol. The van der Waals surface area contributed by atoms with Crippen LogP contribution in [-0.2, 0) is 14.3 Å². The lowest BCUT2D eigenvalue weighted by molar-refractivity contribution is -0.127. The summed E-state index contributed by atoms with van der Waals surface area (Å²) in [5.74, 6) is 0.684. The van der Waals surface area contributed by atoms with Gasteiger partial charge >= 0.3 is 0 Å². The lowest BCUT2D eigenvalue weighted by atomic mass is 9.76. The molecule has 0 radical (unpaired) electrons. The van der Waals surface area contributed by atoms with Crippen LogP contribution in [0.2, 0.25) is 0 Å². The number of ether oxygens (including phenoxy) is 2. The van der Waals surface area contributed by atoms with E-state index in [0.29, 0.717) is 44.1 Å². The molecule has 2 aliphatic heterocycles. The van der Waals surface area contributed by atoms with Crippen LogP contribution >= 0.6 is 0 Å². The van der Waals surface area contributed by atoms with Gasteiger partial charge in [-0.2, -0.15) is 0 Å². The summed E-state index contributed by atoms with van der Waals surface area (Å²) in [4.78, 5) is 14.8. The van der Waals surface area contributed by atoms with E-state index in [1.165, 1.54) is 19.3 Å². The fraction of sp³-hybridized carbons (Fsp3) is 0.938. The largest absolute Gasteiger partial charge is 0.379 e. The minimum absolute atomic E-state index is 0.275. The van der Waals surface area contributed by atoms with Gasteiger partial charge in [-0.15, -0.1) is 0 Å². The van der Waals surface area contributed by atoms with Gasteiger partial charge in [-0.25, -0.2) is 0 Å². The molecule has 2 bridgehead atoms. The SMILES string of the molecule is CCOCCOCCC(=O)C1CC2CCCC(C1)N2C. The number of carbonyl (C=O) groups is 1. The van der Waals surface area contributed by atoms with E-state index in [2.05, 4.69) is 11.9 Å². The number of ketones is 1. The summed E-state index contributed by atoms with van der Waals surface area (Å²) < 4.78 is 10.7. The van der Waals surface area contributed by atoms with Crippen LogP contribution in [0.15, 0.2) is 0 Å². The van der Waals surface area contributed by atoms with Crippen molar-refractivity contribution in [3.05, 3.63) is 0 Å². The third-order valence-electron chi connectivity index (χ3n) is 4.86. The zero-order valence-corrected chi connectivity index (χ0v) is 13.0. The number of hydrogen-bond donors (Lipinski definition) is 0. The van der Waals surface area contributed by atoms with Crippen LogP contribution in [0.3, 0.4) is 0 Å². The van der Waals surface area contributed by atoms with Gasteiger partial charge in [-0.1, -0.05) is 6.42 Å². The Bertz CT molecular complexity index is 294. The van der Waals surface area contributed by atoms with E-state index in [0.717, 1.165) is 19.4 Å². The van der Waals surface area contributed by atoms with Crippen molar-refractivity contribution >= 4 is 5.78 Å². The zero-order valence-electron chi connectivity index (χ0n) is 13.0. The Balaban J connectivity index is 1.66. The third kappa shape index (κ3) is 4.27. The van der Waals surface area contributed by atoms with Crippen LogP contribution in [0.4, 0.5) is 0 Å². The molecule has 2 fully saturated rings. The lowest BCUT2D eigenvalue weighted by Crippen LogP contribution is -2.51. The number of Topliss-reactive ketones (excluding diaryl/α,β-unsaturated/α-hetero) is 1. The van der Waals surface area contributed by atoms with Crippen molar-refractivity contribution in [1.29, 1.82) is 0 Å². The first-order valence-corrected chi connectivity index (χ1v) is 8.12. The molecule has 2 atom stereocenters. The maximum Gasteiger partial charge on any atom is 0.138 e. The molecular formula is C16H29NO3.